The first-order chi connectivity index (χ1) is 14.2. The number of amides is 1. The smallest absolute Gasteiger partial charge is 0.414 e. The van der Waals surface area contributed by atoms with Gasteiger partial charge in [-0.1, -0.05) is 30.3 Å². The molecule has 0 bridgehead atoms. The molecule has 2 aromatic rings. The predicted molar refractivity (Wildman–Crippen MR) is 115 cm³/mol. The van der Waals surface area contributed by atoms with Crippen molar-refractivity contribution < 1.29 is 14.3 Å². The Morgan fingerprint density at radius 1 is 1.00 bits per heavy atom. The normalized spacial score (nSPS) is 20.0. The third kappa shape index (κ3) is 4.65. The van der Waals surface area contributed by atoms with E-state index >= 15 is 0 Å². The van der Waals surface area contributed by atoms with Crippen LogP contribution < -0.4 is 14.5 Å². The fourth-order valence-corrected chi connectivity index (χ4v) is 4.14. The fourth-order valence-electron chi connectivity index (χ4n) is 4.14. The predicted octanol–water partition coefficient (Wildman–Crippen LogP) is 3.62. The van der Waals surface area contributed by atoms with E-state index in [9.17, 15) is 4.79 Å². The van der Waals surface area contributed by atoms with Crippen LogP contribution in [0, 0.1) is 0 Å². The van der Waals surface area contributed by atoms with Crippen LogP contribution in [0.5, 0.6) is 5.75 Å². The van der Waals surface area contributed by atoms with E-state index in [0.29, 0.717) is 6.54 Å². The van der Waals surface area contributed by atoms with Gasteiger partial charge in [0.05, 0.1) is 19.3 Å². The van der Waals surface area contributed by atoms with Crippen LogP contribution in [0.1, 0.15) is 12.8 Å². The molecule has 0 radical (unpaired) electrons. The van der Waals surface area contributed by atoms with Crippen LogP contribution in [0.4, 0.5) is 16.2 Å². The molecule has 0 aliphatic carbocycles. The van der Waals surface area contributed by atoms with Gasteiger partial charge < -0.3 is 14.4 Å². The zero-order chi connectivity index (χ0) is 20.1. The van der Waals surface area contributed by atoms with Crippen molar-refractivity contribution in [2.75, 3.05) is 56.2 Å². The number of hydrogen-bond donors (Lipinski definition) is 0. The summed E-state index contributed by atoms with van der Waals surface area (Å²) in [6.07, 6.45) is 1.70. The molecule has 2 aromatic carbocycles. The second-order valence-corrected chi connectivity index (χ2v) is 7.59. The van der Waals surface area contributed by atoms with Crippen LogP contribution in [0.15, 0.2) is 54.6 Å². The lowest BCUT2D eigenvalue weighted by Gasteiger charge is -2.36. The number of rotatable bonds is 7. The molecule has 0 N–H and O–H groups in total. The van der Waals surface area contributed by atoms with Gasteiger partial charge in [-0.25, -0.2) is 4.79 Å². The number of ether oxygens (including phenoxy) is 2. The summed E-state index contributed by atoms with van der Waals surface area (Å²) in [5.41, 5.74) is 2.08. The first-order valence-electron chi connectivity index (χ1n) is 10.4. The highest BCUT2D eigenvalue weighted by molar-refractivity contribution is 5.89. The molecule has 2 fully saturated rings. The highest BCUT2D eigenvalue weighted by Gasteiger charge is 2.32. The summed E-state index contributed by atoms with van der Waals surface area (Å²) >= 11 is 0. The van der Waals surface area contributed by atoms with Crippen molar-refractivity contribution in [1.82, 2.24) is 4.90 Å². The van der Waals surface area contributed by atoms with Crippen LogP contribution in [0.2, 0.25) is 0 Å². The summed E-state index contributed by atoms with van der Waals surface area (Å²) in [4.78, 5) is 18.8. The number of para-hydroxylation sites is 3. The maximum Gasteiger partial charge on any atom is 0.414 e. The second-order valence-electron chi connectivity index (χ2n) is 7.59. The van der Waals surface area contributed by atoms with Crippen LogP contribution in [-0.4, -0.2) is 63.5 Å². The number of piperazine rings is 1. The van der Waals surface area contributed by atoms with Crippen molar-refractivity contribution in [2.24, 2.45) is 0 Å². The van der Waals surface area contributed by atoms with Crippen LogP contribution in [0.25, 0.3) is 0 Å². The van der Waals surface area contributed by atoms with Gasteiger partial charge >= 0.3 is 6.09 Å². The van der Waals surface area contributed by atoms with Gasteiger partial charge in [-0.2, -0.15) is 0 Å². The molecule has 6 heteroatoms. The summed E-state index contributed by atoms with van der Waals surface area (Å²) in [6, 6.07) is 18.0. The molecule has 1 atom stereocenters. The Hall–Kier alpha value is -2.73. The van der Waals surface area contributed by atoms with E-state index in [1.807, 2.05) is 42.5 Å². The zero-order valence-corrected chi connectivity index (χ0v) is 17.0. The summed E-state index contributed by atoms with van der Waals surface area (Å²) in [6.45, 7) is 5.77. The maximum atomic E-state index is 12.2. The van der Waals surface area contributed by atoms with Crippen LogP contribution >= 0.6 is 0 Å². The molecular weight excluding hydrogens is 366 g/mol. The molecule has 2 aliphatic heterocycles. The van der Waals surface area contributed by atoms with E-state index in [1.54, 1.807) is 12.0 Å². The minimum atomic E-state index is -0.230. The van der Waals surface area contributed by atoms with E-state index in [4.69, 9.17) is 9.47 Å². The van der Waals surface area contributed by atoms with Gasteiger partial charge in [0, 0.05) is 31.9 Å². The lowest BCUT2D eigenvalue weighted by molar-refractivity contribution is 0.131. The molecule has 2 heterocycles. The van der Waals surface area contributed by atoms with Crippen LogP contribution in [-0.2, 0) is 4.74 Å². The third-order valence-corrected chi connectivity index (χ3v) is 5.74. The highest BCUT2D eigenvalue weighted by Crippen LogP contribution is 2.28. The van der Waals surface area contributed by atoms with Gasteiger partial charge in [-0.3, -0.25) is 9.80 Å². The highest BCUT2D eigenvalue weighted by atomic mass is 16.6. The average Bonchev–Trinajstić information content (AvgIpc) is 3.15. The van der Waals surface area contributed by atoms with E-state index < -0.39 is 0 Å². The average molecular weight is 396 g/mol. The van der Waals surface area contributed by atoms with Crippen molar-refractivity contribution in [3.05, 3.63) is 54.6 Å². The van der Waals surface area contributed by atoms with E-state index in [-0.39, 0.29) is 12.2 Å². The topological polar surface area (TPSA) is 45.2 Å². The molecule has 0 aromatic heterocycles. The van der Waals surface area contributed by atoms with E-state index in [0.717, 1.165) is 57.0 Å². The molecule has 0 spiro atoms. The Balaban J connectivity index is 1.20. The maximum absolute atomic E-state index is 12.2. The first-order valence-corrected chi connectivity index (χ1v) is 10.4. The minimum Gasteiger partial charge on any atom is -0.495 e. The Bertz CT molecular complexity index is 806. The summed E-state index contributed by atoms with van der Waals surface area (Å²) in [7, 11) is 1.73. The molecular formula is C23H29N3O3. The number of carbonyl (C=O) groups excluding carboxylic acids is 1. The van der Waals surface area contributed by atoms with Gasteiger partial charge in [0.2, 0.25) is 0 Å². The number of benzene rings is 2. The van der Waals surface area contributed by atoms with Crippen molar-refractivity contribution >= 4 is 17.5 Å². The van der Waals surface area contributed by atoms with E-state index in [2.05, 4.69) is 21.9 Å². The number of hydrogen-bond acceptors (Lipinski definition) is 5. The summed E-state index contributed by atoms with van der Waals surface area (Å²) < 4.78 is 11.1. The number of nitrogens with zero attached hydrogens (tertiary/aromatic N) is 3. The molecule has 2 saturated heterocycles. The quantitative estimate of drug-likeness (QED) is 0.717. The van der Waals surface area contributed by atoms with Gasteiger partial charge in [-0.05, 0) is 43.7 Å². The fraction of sp³-hybridized carbons (Fsp3) is 0.435. The number of cyclic esters (lactones) is 1. The molecule has 4 rings (SSSR count). The molecule has 0 saturated carbocycles. The van der Waals surface area contributed by atoms with Gasteiger partial charge in [0.1, 0.15) is 11.9 Å². The Labute approximate surface area is 172 Å². The Morgan fingerprint density at radius 2 is 1.72 bits per heavy atom. The van der Waals surface area contributed by atoms with Gasteiger partial charge in [-0.15, -0.1) is 0 Å². The van der Waals surface area contributed by atoms with Gasteiger partial charge in [0.25, 0.3) is 0 Å². The van der Waals surface area contributed by atoms with Crippen molar-refractivity contribution in [1.29, 1.82) is 0 Å². The molecule has 1 amide bonds. The lowest BCUT2D eigenvalue weighted by atomic mass is 10.1. The summed E-state index contributed by atoms with van der Waals surface area (Å²) in [5, 5.41) is 0. The standard InChI is InChI=1S/C23H29N3O3/c1-28-22-12-6-5-11-21(22)25-16-14-24(15-17-25)13-7-10-20-18-26(23(27)29-20)19-8-3-2-4-9-19/h2-6,8-9,11-12,20H,7,10,13-18H2,1H3. The number of anilines is 2. The third-order valence-electron chi connectivity index (χ3n) is 5.74. The monoisotopic (exact) mass is 395 g/mol. The van der Waals surface area contributed by atoms with E-state index in [1.165, 1.54) is 5.69 Å². The Kier molecular flexibility index (Phi) is 6.20. The molecule has 6 nitrogen and oxygen atoms in total. The van der Waals surface area contributed by atoms with Crippen molar-refractivity contribution in [3.63, 3.8) is 0 Å². The van der Waals surface area contributed by atoms with Gasteiger partial charge in [0.15, 0.2) is 0 Å². The Morgan fingerprint density at radius 3 is 2.48 bits per heavy atom. The first kappa shape index (κ1) is 19.6. The zero-order valence-electron chi connectivity index (χ0n) is 17.0. The minimum absolute atomic E-state index is 0.0161. The van der Waals surface area contributed by atoms with Crippen molar-refractivity contribution in [2.45, 2.75) is 18.9 Å². The number of methoxy groups -OCH3 is 1. The largest absolute Gasteiger partial charge is 0.495 e. The summed E-state index contributed by atoms with van der Waals surface area (Å²) in [5.74, 6) is 0.937. The molecule has 2 aliphatic rings. The number of carbonyl (C=O) groups is 1. The van der Waals surface area contributed by atoms with Crippen molar-refractivity contribution in [3.8, 4) is 5.75 Å². The second kappa shape index (κ2) is 9.18. The molecule has 29 heavy (non-hydrogen) atoms. The SMILES string of the molecule is COc1ccccc1N1CCN(CCCC2CN(c3ccccc3)C(=O)O2)CC1. The van der Waals surface area contributed by atoms with Crippen LogP contribution in [0.3, 0.4) is 0 Å². The molecule has 1 unspecified atom stereocenters. The lowest BCUT2D eigenvalue weighted by Crippen LogP contribution is -2.46. The molecule has 154 valence electrons.